The van der Waals surface area contributed by atoms with Gasteiger partial charge >= 0.3 is 0 Å². The highest BCUT2D eigenvalue weighted by atomic mass is 31.1. The Hall–Kier alpha value is -0.580. The summed E-state index contributed by atoms with van der Waals surface area (Å²) in [6, 6.07) is 8.12. The van der Waals surface area contributed by atoms with Gasteiger partial charge in [0.05, 0.1) is 21.9 Å². The first-order valence-electron chi connectivity index (χ1n) is 7.45. The average molecular weight is 322 g/mol. The van der Waals surface area contributed by atoms with E-state index in [0.29, 0.717) is 17.2 Å². The molecule has 2 atom stereocenters. The first-order chi connectivity index (χ1) is 9.73. The maximum atomic E-state index is 4.79. The van der Waals surface area contributed by atoms with Crippen LogP contribution in [0.3, 0.4) is 0 Å². The molecule has 4 heteroatoms. The standard InChI is InChI=1S/C13H18N2P2.C4H10/c1-13(2,3)17-12-11(16-4)14-9-7-5-6-8-10(9)15-12;1-4(2)3/h5-8,16-17H,1-4H3;4H,1-3H3. The van der Waals surface area contributed by atoms with Gasteiger partial charge in [-0.3, -0.25) is 0 Å². The number of hydrogen-bond donors (Lipinski definition) is 0. The first-order valence-corrected chi connectivity index (χ1v) is 9.95. The van der Waals surface area contributed by atoms with Crippen LogP contribution >= 0.6 is 17.2 Å². The van der Waals surface area contributed by atoms with Crippen molar-refractivity contribution in [1.29, 1.82) is 0 Å². The van der Waals surface area contributed by atoms with E-state index in [-0.39, 0.29) is 5.16 Å². The zero-order chi connectivity index (χ0) is 16.0. The number of aromatic nitrogens is 2. The van der Waals surface area contributed by atoms with Gasteiger partial charge in [-0.05, 0) is 29.9 Å². The Morgan fingerprint density at radius 2 is 1.33 bits per heavy atom. The zero-order valence-corrected chi connectivity index (χ0v) is 16.3. The van der Waals surface area contributed by atoms with E-state index in [0.717, 1.165) is 17.0 Å². The van der Waals surface area contributed by atoms with Gasteiger partial charge in [-0.1, -0.05) is 70.8 Å². The molecule has 0 aliphatic heterocycles. The third kappa shape index (κ3) is 6.81. The lowest BCUT2D eigenvalue weighted by Crippen LogP contribution is -2.27. The summed E-state index contributed by atoms with van der Waals surface area (Å²) in [4.78, 5) is 9.52. The van der Waals surface area contributed by atoms with Gasteiger partial charge in [-0.2, -0.15) is 0 Å². The van der Waals surface area contributed by atoms with Crippen LogP contribution < -0.4 is 10.9 Å². The molecule has 2 unspecified atom stereocenters. The predicted molar refractivity (Wildman–Crippen MR) is 102 cm³/mol. The van der Waals surface area contributed by atoms with Gasteiger partial charge in [0.2, 0.25) is 0 Å². The maximum absolute atomic E-state index is 4.79. The van der Waals surface area contributed by atoms with Crippen LogP contribution in [0.4, 0.5) is 0 Å². The van der Waals surface area contributed by atoms with Gasteiger partial charge in [0.25, 0.3) is 0 Å². The second-order valence-electron chi connectivity index (χ2n) is 6.77. The van der Waals surface area contributed by atoms with Gasteiger partial charge < -0.3 is 0 Å². The molecule has 1 aromatic carbocycles. The smallest absolute Gasteiger partial charge is 0.0894 e. The molecule has 0 aliphatic rings. The number of fused-ring (bicyclic) bond motifs is 1. The predicted octanol–water partition coefficient (Wildman–Crippen LogP) is 4.33. The molecule has 0 saturated heterocycles. The Morgan fingerprint density at radius 3 is 1.71 bits per heavy atom. The SMILES string of the molecule is CC(C)C.CPc1nc2ccccc2nc1PC(C)(C)C. The summed E-state index contributed by atoms with van der Waals surface area (Å²) in [5, 5.41) is 0.283. The second-order valence-corrected chi connectivity index (χ2v) is 9.96. The molecule has 0 amide bonds. The number of para-hydroxylation sites is 2. The van der Waals surface area contributed by atoms with E-state index in [2.05, 4.69) is 48.2 Å². The molecule has 2 rings (SSSR count). The van der Waals surface area contributed by atoms with Gasteiger partial charge in [0.1, 0.15) is 0 Å². The lowest BCUT2D eigenvalue weighted by atomic mass is 10.3. The van der Waals surface area contributed by atoms with Crippen molar-refractivity contribution in [2.75, 3.05) is 6.66 Å². The highest BCUT2D eigenvalue weighted by Crippen LogP contribution is 2.29. The summed E-state index contributed by atoms with van der Waals surface area (Å²) >= 11 is 0. The van der Waals surface area contributed by atoms with E-state index in [1.807, 2.05) is 24.3 Å². The third-order valence-corrected chi connectivity index (χ3v) is 4.71. The van der Waals surface area contributed by atoms with Crippen LogP contribution in [0.2, 0.25) is 0 Å². The normalized spacial score (nSPS) is 12.6. The number of rotatable bonds is 2. The van der Waals surface area contributed by atoms with E-state index in [1.54, 1.807) is 0 Å². The fourth-order valence-corrected chi connectivity index (χ4v) is 3.77. The molecule has 116 valence electrons. The molecule has 0 aliphatic carbocycles. The molecule has 21 heavy (non-hydrogen) atoms. The number of benzene rings is 1. The molecule has 0 N–H and O–H groups in total. The molecular formula is C17H28N2P2. The van der Waals surface area contributed by atoms with E-state index >= 15 is 0 Å². The maximum Gasteiger partial charge on any atom is 0.0894 e. The largest absolute Gasteiger partial charge is 0.244 e. The molecule has 0 radical (unpaired) electrons. The van der Waals surface area contributed by atoms with Crippen molar-refractivity contribution in [2.45, 2.75) is 46.7 Å². The molecule has 0 bridgehead atoms. The van der Waals surface area contributed by atoms with Crippen LogP contribution in [0.15, 0.2) is 24.3 Å². The van der Waals surface area contributed by atoms with Crippen LogP contribution in [-0.4, -0.2) is 21.8 Å². The highest BCUT2D eigenvalue weighted by Gasteiger charge is 2.16. The van der Waals surface area contributed by atoms with Crippen LogP contribution in [-0.2, 0) is 0 Å². The summed E-state index contributed by atoms with van der Waals surface area (Å²) in [5.74, 6) is 0.833. The summed E-state index contributed by atoms with van der Waals surface area (Å²) < 4.78 is 0. The fraction of sp³-hybridized carbons (Fsp3) is 0.529. The minimum absolute atomic E-state index is 0.283. The van der Waals surface area contributed by atoms with Gasteiger partial charge in [-0.25, -0.2) is 9.97 Å². The third-order valence-electron chi connectivity index (χ3n) is 2.30. The van der Waals surface area contributed by atoms with E-state index < -0.39 is 0 Å². The Balaban J connectivity index is 0.000000491. The molecule has 2 aromatic rings. The van der Waals surface area contributed by atoms with Gasteiger partial charge in [0.15, 0.2) is 0 Å². The van der Waals surface area contributed by atoms with Crippen LogP contribution in [0.25, 0.3) is 11.0 Å². The summed E-state index contributed by atoms with van der Waals surface area (Å²) in [6.07, 6.45) is 0. The van der Waals surface area contributed by atoms with E-state index in [4.69, 9.17) is 9.97 Å². The number of hydrogen-bond acceptors (Lipinski definition) is 2. The minimum Gasteiger partial charge on any atom is -0.244 e. The number of nitrogens with zero attached hydrogens (tertiary/aromatic N) is 2. The van der Waals surface area contributed by atoms with Crippen LogP contribution in [0, 0.1) is 5.92 Å². The summed E-state index contributed by atoms with van der Waals surface area (Å²) in [5.41, 5.74) is 4.40. The van der Waals surface area contributed by atoms with Crippen molar-refractivity contribution >= 4 is 39.1 Å². The zero-order valence-electron chi connectivity index (χ0n) is 14.3. The Kier molecular flexibility index (Phi) is 7.17. The van der Waals surface area contributed by atoms with Crippen LogP contribution in [0.1, 0.15) is 41.5 Å². The molecular weight excluding hydrogens is 294 g/mol. The lowest BCUT2D eigenvalue weighted by molar-refractivity contribution is 0.737. The molecule has 0 spiro atoms. The van der Waals surface area contributed by atoms with E-state index in [1.165, 1.54) is 10.9 Å². The Morgan fingerprint density at radius 1 is 0.905 bits per heavy atom. The fourth-order valence-electron chi connectivity index (χ4n) is 1.62. The first kappa shape index (κ1) is 18.5. The second kappa shape index (κ2) is 8.16. The molecule has 0 saturated carbocycles. The van der Waals surface area contributed by atoms with Crippen molar-refractivity contribution in [3.8, 4) is 0 Å². The molecule has 0 fully saturated rings. The van der Waals surface area contributed by atoms with Crippen LogP contribution in [0.5, 0.6) is 0 Å². The minimum atomic E-state index is 0.283. The van der Waals surface area contributed by atoms with Crippen molar-refractivity contribution in [2.24, 2.45) is 5.92 Å². The Labute approximate surface area is 133 Å². The molecule has 1 heterocycles. The topological polar surface area (TPSA) is 25.8 Å². The van der Waals surface area contributed by atoms with Crippen molar-refractivity contribution in [1.82, 2.24) is 9.97 Å². The van der Waals surface area contributed by atoms with Crippen molar-refractivity contribution < 1.29 is 0 Å². The highest BCUT2D eigenvalue weighted by molar-refractivity contribution is 7.54. The average Bonchev–Trinajstić information content (AvgIpc) is 2.35. The monoisotopic (exact) mass is 322 g/mol. The van der Waals surface area contributed by atoms with E-state index in [9.17, 15) is 0 Å². The summed E-state index contributed by atoms with van der Waals surface area (Å²) in [7, 11) is 1.43. The Bertz CT molecular complexity index is 572. The van der Waals surface area contributed by atoms with Crippen molar-refractivity contribution in [3.63, 3.8) is 0 Å². The lowest BCUT2D eigenvalue weighted by Gasteiger charge is -2.19. The summed E-state index contributed by atoms with van der Waals surface area (Å²) in [6.45, 7) is 15.4. The van der Waals surface area contributed by atoms with Gasteiger partial charge in [0, 0.05) is 0 Å². The van der Waals surface area contributed by atoms with Crippen molar-refractivity contribution in [3.05, 3.63) is 24.3 Å². The molecule has 1 aromatic heterocycles. The quantitative estimate of drug-likeness (QED) is 0.769. The molecule has 2 nitrogen and oxygen atoms in total. The van der Waals surface area contributed by atoms with Gasteiger partial charge in [-0.15, -0.1) is 0 Å².